The van der Waals surface area contributed by atoms with Gasteiger partial charge in [-0.2, -0.15) is 0 Å². The molecule has 4 heteroatoms. The van der Waals surface area contributed by atoms with Crippen molar-refractivity contribution in [2.75, 3.05) is 21.3 Å². The van der Waals surface area contributed by atoms with Gasteiger partial charge in [0.1, 0.15) is 11.5 Å². The molecule has 0 saturated carbocycles. The summed E-state index contributed by atoms with van der Waals surface area (Å²) in [6.07, 6.45) is 2.15. The molecule has 112 valence electrons. The van der Waals surface area contributed by atoms with Crippen LogP contribution in [-0.2, 0) is 9.53 Å². The number of hydrogen-bond donors (Lipinski definition) is 0. The SMILES string of the molecule is COC(=O)CCCC(C)c1cc(OC)c(C)cc1OC. The van der Waals surface area contributed by atoms with Crippen LogP contribution in [0, 0.1) is 6.92 Å². The van der Waals surface area contributed by atoms with E-state index in [-0.39, 0.29) is 5.97 Å². The molecule has 4 nitrogen and oxygen atoms in total. The van der Waals surface area contributed by atoms with E-state index >= 15 is 0 Å². The number of carbonyl (C=O) groups excluding carboxylic acids is 1. The normalized spacial score (nSPS) is 11.8. The van der Waals surface area contributed by atoms with E-state index in [0.29, 0.717) is 12.3 Å². The van der Waals surface area contributed by atoms with E-state index in [0.717, 1.165) is 35.5 Å². The van der Waals surface area contributed by atoms with Crippen LogP contribution in [0.5, 0.6) is 11.5 Å². The first-order chi connectivity index (χ1) is 9.53. The summed E-state index contributed by atoms with van der Waals surface area (Å²) in [5, 5.41) is 0. The Kier molecular flexibility index (Phi) is 6.36. The molecular weight excluding hydrogens is 256 g/mol. The van der Waals surface area contributed by atoms with Crippen LogP contribution in [-0.4, -0.2) is 27.3 Å². The van der Waals surface area contributed by atoms with Gasteiger partial charge in [-0.1, -0.05) is 6.92 Å². The van der Waals surface area contributed by atoms with Crippen LogP contribution in [0.2, 0.25) is 0 Å². The van der Waals surface area contributed by atoms with Crippen molar-refractivity contribution in [3.63, 3.8) is 0 Å². The van der Waals surface area contributed by atoms with Crippen LogP contribution in [0.1, 0.15) is 43.2 Å². The Morgan fingerprint density at radius 3 is 2.35 bits per heavy atom. The topological polar surface area (TPSA) is 44.8 Å². The summed E-state index contributed by atoms with van der Waals surface area (Å²) in [7, 11) is 4.76. The van der Waals surface area contributed by atoms with E-state index in [1.807, 2.05) is 19.1 Å². The Bertz CT molecular complexity index is 454. The first-order valence-electron chi connectivity index (χ1n) is 6.82. The van der Waals surface area contributed by atoms with E-state index in [1.54, 1.807) is 14.2 Å². The fraction of sp³-hybridized carbons (Fsp3) is 0.562. The highest BCUT2D eigenvalue weighted by Gasteiger charge is 2.15. The quantitative estimate of drug-likeness (QED) is 0.717. The van der Waals surface area contributed by atoms with Crippen molar-refractivity contribution < 1.29 is 19.0 Å². The van der Waals surface area contributed by atoms with Crippen LogP contribution in [0.3, 0.4) is 0 Å². The second-order valence-electron chi connectivity index (χ2n) is 4.93. The first-order valence-corrected chi connectivity index (χ1v) is 6.82. The van der Waals surface area contributed by atoms with Crippen molar-refractivity contribution in [3.05, 3.63) is 23.3 Å². The zero-order valence-corrected chi connectivity index (χ0v) is 13.0. The minimum Gasteiger partial charge on any atom is -0.496 e. The summed E-state index contributed by atoms with van der Waals surface area (Å²) in [4.78, 5) is 11.1. The summed E-state index contributed by atoms with van der Waals surface area (Å²) in [6, 6.07) is 4.02. The fourth-order valence-electron chi connectivity index (χ4n) is 2.27. The number of rotatable bonds is 7. The van der Waals surface area contributed by atoms with E-state index in [2.05, 4.69) is 11.7 Å². The van der Waals surface area contributed by atoms with Crippen LogP contribution >= 0.6 is 0 Å². The minimum atomic E-state index is -0.161. The lowest BCUT2D eigenvalue weighted by atomic mass is 9.93. The van der Waals surface area contributed by atoms with Gasteiger partial charge in [0.25, 0.3) is 0 Å². The molecule has 1 unspecified atom stereocenters. The lowest BCUT2D eigenvalue weighted by Gasteiger charge is -2.18. The molecule has 20 heavy (non-hydrogen) atoms. The van der Waals surface area contributed by atoms with Gasteiger partial charge >= 0.3 is 5.97 Å². The molecule has 1 aromatic rings. The number of aryl methyl sites for hydroxylation is 1. The van der Waals surface area contributed by atoms with Crippen molar-refractivity contribution in [2.24, 2.45) is 0 Å². The molecule has 0 fully saturated rings. The van der Waals surface area contributed by atoms with Gasteiger partial charge in [0.2, 0.25) is 0 Å². The van der Waals surface area contributed by atoms with Crippen LogP contribution in [0.4, 0.5) is 0 Å². The number of hydrogen-bond acceptors (Lipinski definition) is 4. The highest BCUT2D eigenvalue weighted by atomic mass is 16.5. The molecule has 0 aliphatic rings. The molecule has 0 bridgehead atoms. The smallest absolute Gasteiger partial charge is 0.305 e. The average molecular weight is 280 g/mol. The van der Waals surface area contributed by atoms with Gasteiger partial charge in [0.15, 0.2) is 0 Å². The number of benzene rings is 1. The molecule has 1 atom stereocenters. The summed E-state index contributed by atoms with van der Waals surface area (Å²) >= 11 is 0. The lowest BCUT2D eigenvalue weighted by Crippen LogP contribution is -2.03. The molecule has 1 aromatic carbocycles. The molecule has 0 N–H and O–H groups in total. The van der Waals surface area contributed by atoms with E-state index in [1.165, 1.54) is 7.11 Å². The predicted octanol–water partition coefficient (Wildman–Crippen LogP) is 3.46. The highest BCUT2D eigenvalue weighted by Crippen LogP contribution is 2.35. The summed E-state index contributed by atoms with van der Waals surface area (Å²) in [5.41, 5.74) is 2.16. The fourth-order valence-corrected chi connectivity index (χ4v) is 2.27. The molecule has 0 heterocycles. The second kappa shape index (κ2) is 7.78. The number of esters is 1. The van der Waals surface area contributed by atoms with Gasteiger partial charge in [-0.05, 0) is 43.4 Å². The van der Waals surface area contributed by atoms with Crippen molar-refractivity contribution in [1.29, 1.82) is 0 Å². The zero-order chi connectivity index (χ0) is 15.1. The van der Waals surface area contributed by atoms with Gasteiger partial charge in [0.05, 0.1) is 21.3 Å². The summed E-state index contributed by atoms with van der Waals surface area (Å²) < 4.78 is 15.5. The van der Waals surface area contributed by atoms with Crippen molar-refractivity contribution >= 4 is 5.97 Å². The molecule has 0 radical (unpaired) electrons. The molecule has 0 amide bonds. The molecule has 0 aliphatic heterocycles. The van der Waals surface area contributed by atoms with E-state index in [9.17, 15) is 4.79 Å². The third kappa shape index (κ3) is 4.15. The van der Waals surface area contributed by atoms with Gasteiger partial charge in [0, 0.05) is 12.0 Å². The maximum Gasteiger partial charge on any atom is 0.305 e. The molecule has 0 aromatic heterocycles. The Morgan fingerprint density at radius 1 is 1.15 bits per heavy atom. The highest BCUT2D eigenvalue weighted by molar-refractivity contribution is 5.69. The van der Waals surface area contributed by atoms with Crippen LogP contribution < -0.4 is 9.47 Å². The van der Waals surface area contributed by atoms with Gasteiger partial charge in [-0.3, -0.25) is 4.79 Å². The Hall–Kier alpha value is -1.71. The van der Waals surface area contributed by atoms with E-state index < -0.39 is 0 Å². The van der Waals surface area contributed by atoms with Crippen LogP contribution in [0.25, 0.3) is 0 Å². The number of methoxy groups -OCH3 is 3. The van der Waals surface area contributed by atoms with Gasteiger partial charge in [-0.25, -0.2) is 0 Å². The Morgan fingerprint density at radius 2 is 1.80 bits per heavy atom. The van der Waals surface area contributed by atoms with Gasteiger partial charge in [-0.15, -0.1) is 0 Å². The number of ether oxygens (including phenoxy) is 3. The monoisotopic (exact) mass is 280 g/mol. The maximum absolute atomic E-state index is 11.1. The van der Waals surface area contributed by atoms with Gasteiger partial charge < -0.3 is 14.2 Å². The maximum atomic E-state index is 11.1. The van der Waals surface area contributed by atoms with Crippen LogP contribution in [0.15, 0.2) is 12.1 Å². The summed E-state index contributed by atoms with van der Waals surface area (Å²) in [6.45, 7) is 4.12. The third-order valence-corrected chi connectivity index (χ3v) is 3.52. The molecule has 1 rings (SSSR count). The van der Waals surface area contributed by atoms with Crippen molar-refractivity contribution in [2.45, 2.75) is 39.0 Å². The largest absolute Gasteiger partial charge is 0.496 e. The number of carbonyl (C=O) groups is 1. The molecule has 0 saturated heterocycles. The molecule has 0 spiro atoms. The minimum absolute atomic E-state index is 0.161. The third-order valence-electron chi connectivity index (χ3n) is 3.52. The molecular formula is C16H24O4. The molecule has 0 aliphatic carbocycles. The Labute approximate surface area is 121 Å². The zero-order valence-electron chi connectivity index (χ0n) is 13.0. The first kappa shape index (κ1) is 16.3. The standard InChI is InChI=1S/C16H24O4/c1-11(7-6-8-16(17)20-5)13-10-14(18-3)12(2)9-15(13)19-4/h9-11H,6-8H2,1-5H3. The second-order valence-corrected chi connectivity index (χ2v) is 4.93. The average Bonchev–Trinajstić information content (AvgIpc) is 2.46. The summed E-state index contributed by atoms with van der Waals surface area (Å²) in [5.74, 6) is 1.87. The lowest BCUT2D eigenvalue weighted by molar-refractivity contribution is -0.140. The predicted molar refractivity (Wildman–Crippen MR) is 78.6 cm³/mol. The van der Waals surface area contributed by atoms with Crippen molar-refractivity contribution in [1.82, 2.24) is 0 Å². The van der Waals surface area contributed by atoms with E-state index in [4.69, 9.17) is 9.47 Å². The Balaban J connectivity index is 2.80. The van der Waals surface area contributed by atoms with Crippen molar-refractivity contribution in [3.8, 4) is 11.5 Å².